The number of ether oxygens (including phenoxy) is 2. The first-order chi connectivity index (χ1) is 12.2. The van der Waals surface area contributed by atoms with Crippen molar-refractivity contribution < 1.29 is 14.3 Å². The van der Waals surface area contributed by atoms with Crippen LogP contribution in [0.25, 0.3) is 9.53 Å². The number of nitrogens with zero attached hydrogens (tertiary/aromatic N) is 2. The molecule has 1 aliphatic rings. The second-order valence-electron chi connectivity index (χ2n) is 5.47. The second kappa shape index (κ2) is 6.53. The fourth-order valence-corrected chi connectivity index (χ4v) is 4.87. The van der Waals surface area contributed by atoms with Gasteiger partial charge in [-0.15, -0.1) is 11.3 Å². The molecule has 4 rings (SSSR count). The standard InChI is InChI=1S/C17H17N3O3S2/c1-3-20(4-2)17-19-16-14(25-17)8-13(24-16)15(21)18-10-5-6-11-12(7-10)23-9-22-11/h5-8H,3-4,9H2,1-2H3,(H,18,21). The van der Waals surface area contributed by atoms with Crippen molar-refractivity contribution >= 4 is 48.9 Å². The van der Waals surface area contributed by atoms with Gasteiger partial charge < -0.3 is 19.7 Å². The first-order valence-electron chi connectivity index (χ1n) is 8.04. The van der Waals surface area contributed by atoms with E-state index in [-0.39, 0.29) is 12.7 Å². The summed E-state index contributed by atoms with van der Waals surface area (Å²) in [4.78, 5) is 20.9. The fraction of sp³-hybridized carbons (Fsp3) is 0.294. The van der Waals surface area contributed by atoms with Crippen molar-refractivity contribution in [2.75, 3.05) is 30.1 Å². The zero-order chi connectivity index (χ0) is 17.4. The summed E-state index contributed by atoms with van der Waals surface area (Å²) in [7, 11) is 0. The lowest BCUT2D eigenvalue weighted by molar-refractivity contribution is 0.103. The number of aromatic nitrogens is 1. The van der Waals surface area contributed by atoms with Gasteiger partial charge in [-0.2, -0.15) is 0 Å². The van der Waals surface area contributed by atoms with Crippen molar-refractivity contribution in [2.24, 2.45) is 0 Å². The van der Waals surface area contributed by atoms with Crippen LogP contribution in [0.5, 0.6) is 11.5 Å². The SMILES string of the molecule is CCN(CC)c1nc2sc(C(=O)Nc3ccc4c(c3)OCO4)cc2s1. The van der Waals surface area contributed by atoms with Gasteiger partial charge in [-0.25, -0.2) is 4.98 Å². The van der Waals surface area contributed by atoms with Crippen LogP contribution in [-0.4, -0.2) is 30.8 Å². The molecule has 0 saturated carbocycles. The minimum atomic E-state index is -0.140. The number of hydrogen-bond donors (Lipinski definition) is 1. The van der Waals surface area contributed by atoms with Crippen LogP contribution in [0.3, 0.4) is 0 Å². The third-order valence-corrected chi connectivity index (χ3v) is 6.19. The molecule has 130 valence electrons. The summed E-state index contributed by atoms with van der Waals surface area (Å²) in [6.45, 7) is 6.30. The lowest BCUT2D eigenvalue weighted by Crippen LogP contribution is -2.21. The molecule has 1 amide bonds. The molecule has 25 heavy (non-hydrogen) atoms. The van der Waals surface area contributed by atoms with Crippen LogP contribution >= 0.6 is 22.7 Å². The minimum absolute atomic E-state index is 0.140. The van der Waals surface area contributed by atoms with Gasteiger partial charge in [-0.3, -0.25) is 4.79 Å². The summed E-state index contributed by atoms with van der Waals surface area (Å²) in [6.07, 6.45) is 0. The van der Waals surface area contributed by atoms with E-state index in [0.717, 1.165) is 27.8 Å². The molecule has 3 aromatic rings. The number of anilines is 2. The normalized spacial score (nSPS) is 12.6. The Balaban J connectivity index is 1.53. The Morgan fingerprint density at radius 2 is 2.00 bits per heavy atom. The molecule has 1 aliphatic heterocycles. The van der Waals surface area contributed by atoms with Gasteiger partial charge in [0.15, 0.2) is 16.6 Å². The van der Waals surface area contributed by atoms with Crippen LogP contribution in [0, 0.1) is 0 Å². The van der Waals surface area contributed by atoms with E-state index in [1.54, 1.807) is 29.5 Å². The van der Waals surface area contributed by atoms with Gasteiger partial charge in [0.25, 0.3) is 5.91 Å². The van der Waals surface area contributed by atoms with Gasteiger partial charge >= 0.3 is 0 Å². The maximum Gasteiger partial charge on any atom is 0.265 e. The molecule has 6 nitrogen and oxygen atoms in total. The van der Waals surface area contributed by atoms with E-state index in [9.17, 15) is 4.79 Å². The number of hydrogen-bond acceptors (Lipinski definition) is 7. The van der Waals surface area contributed by atoms with E-state index in [4.69, 9.17) is 9.47 Å². The molecule has 1 N–H and O–H groups in total. The average molecular weight is 375 g/mol. The van der Waals surface area contributed by atoms with E-state index in [1.807, 2.05) is 6.07 Å². The predicted octanol–water partition coefficient (Wildman–Crippen LogP) is 4.19. The Hall–Kier alpha value is -2.32. The third kappa shape index (κ3) is 3.03. The molecule has 0 bridgehead atoms. The molecule has 1 aromatic carbocycles. The number of benzene rings is 1. The molecule has 0 saturated heterocycles. The summed E-state index contributed by atoms with van der Waals surface area (Å²) in [5, 5.41) is 3.91. The van der Waals surface area contributed by atoms with Gasteiger partial charge in [0, 0.05) is 24.8 Å². The summed E-state index contributed by atoms with van der Waals surface area (Å²) >= 11 is 3.04. The molecule has 8 heteroatoms. The van der Waals surface area contributed by atoms with Crippen LogP contribution in [0.2, 0.25) is 0 Å². The van der Waals surface area contributed by atoms with Gasteiger partial charge in [-0.1, -0.05) is 11.3 Å². The molecule has 0 aliphatic carbocycles. The first kappa shape index (κ1) is 16.2. The van der Waals surface area contributed by atoms with Crippen molar-refractivity contribution in [1.29, 1.82) is 0 Å². The highest BCUT2D eigenvalue weighted by Gasteiger charge is 2.18. The average Bonchev–Trinajstić information content (AvgIpc) is 3.29. The number of thiophene rings is 1. The van der Waals surface area contributed by atoms with Gasteiger partial charge in [0.05, 0.1) is 9.58 Å². The lowest BCUT2D eigenvalue weighted by atomic mass is 10.2. The Kier molecular flexibility index (Phi) is 4.22. The number of carbonyl (C=O) groups excluding carboxylic acids is 1. The minimum Gasteiger partial charge on any atom is -0.454 e. The number of amides is 1. The molecule has 0 spiro atoms. The number of rotatable bonds is 5. The quantitative estimate of drug-likeness (QED) is 0.725. The Bertz CT molecular complexity index is 899. The summed E-state index contributed by atoms with van der Waals surface area (Å²) in [5.41, 5.74) is 0.683. The second-order valence-corrected chi connectivity index (χ2v) is 7.51. The zero-order valence-electron chi connectivity index (χ0n) is 13.9. The highest BCUT2D eigenvalue weighted by Crippen LogP contribution is 2.36. The zero-order valence-corrected chi connectivity index (χ0v) is 15.5. The van der Waals surface area contributed by atoms with Crippen molar-refractivity contribution in [2.45, 2.75) is 13.8 Å². The monoisotopic (exact) mass is 375 g/mol. The van der Waals surface area contributed by atoms with E-state index in [1.165, 1.54) is 11.3 Å². The van der Waals surface area contributed by atoms with Gasteiger partial charge in [-0.05, 0) is 32.0 Å². The molecule has 2 aromatic heterocycles. The summed E-state index contributed by atoms with van der Waals surface area (Å²) in [5.74, 6) is 1.21. The van der Waals surface area contributed by atoms with Crippen LogP contribution in [0.1, 0.15) is 23.5 Å². The molecule has 0 atom stereocenters. The number of nitrogens with one attached hydrogen (secondary N) is 1. The maximum absolute atomic E-state index is 12.5. The van der Waals surface area contributed by atoms with E-state index in [0.29, 0.717) is 22.1 Å². The van der Waals surface area contributed by atoms with E-state index in [2.05, 4.69) is 29.0 Å². The molecule has 0 unspecified atom stereocenters. The molecular weight excluding hydrogens is 358 g/mol. The summed E-state index contributed by atoms with van der Waals surface area (Å²) < 4.78 is 11.7. The predicted molar refractivity (Wildman–Crippen MR) is 102 cm³/mol. The van der Waals surface area contributed by atoms with Crippen molar-refractivity contribution in [3.05, 3.63) is 29.1 Å². The molecule has 0 radical (unpaired) electrons. The maximum atomic E-state index is 12.5. The van der Waals surface area contributed by atoms with E-state index < -0.39 is 0 Å². The number of carbonyl (C=O) groups is 1. The Morgan fingerprint density at radius 1 is 1.20 bits per heavy atom. The van der Waals surface area contributed by atoms with Crippen molar-refractivity contribution in [3.63, 3.8) is 0 Å². The molecule has 0 fully saturated rings. The highest BCUT2D eigenvalue weighted by atomic mass is 32.1. The Morgan fingerprint density at radius 3 is 2.76 bits per heavy atom. The topological polar surface area (TPSA) is 63.7 Å². The highest BCUT2D eigenvalue weighted by molar-refractivity contribution is 7.29. The van der Waals surface area contributed by atoms with Crippen LogP contribution in [-0.2, 0) is 0 Å². The molecular formula is C17H17N3O3S2. The number of fused-ring (bicyclic) bond motifs is 2. The van der Waals surface area contributed by atoms with Crippen LogP contribution < -0.4 is 19.7 Å². The Labute approximate surface area is 153 Å². The van der Waals surface area contributed by atoms with E-state index >= 15 is 0 Å². The van der Waals surface area contributed by atoms with Crippen LogP contribution in [0.15, 0.2) is 24.3 Å². The van der Waals surface area contributed by atoms with Gasteiger partial charge in [0.1, 0.15) is 4.83 Å². The first-order valence-corrected chi connectivity index (χ1v) is 9.67. The van der Waals surface area contributed by atoms with Crippen molar-refractivity contribution in [3.8, 4) is 11.5 Å². The van der Waals surface area contributed by atoms with Gasteiger partial charge in [0.2, 0.25) is 6.79 Å². The summed E-state index contributed by atoms with van der Waals surface area (Å²) in [6, 6.07) is 7.28. The third-order valence-electron chi connectivity index (χ3n) is 3.97. The number of thiazole rings is 1. The van der Waals surface area contributed by atoms with Crippen LogP contribution in [0.4, 0.5) is 10.8 Å². The lowest BCUT2D eigenvalue weighted by Gasteiger charge is -2.16. The smallest absolute Gasteiger partial charge is 0.265 e. The molecule has 3 heterocycles. The largest absolute Gasteiger partial charge is 0.454 e. The van der Waals surface area contributed by atoms with Crippen molar-refractivity contribution in [1.82, 2.24) is 4.98 Å². The fourth-order valence-electron chi connectivity index (χ4n) is 2.63.